The quantitative estimate of drug-likeness (QED) is 0.771. The minimum absolute atomic E-state index is 0.517. The third-order valence-corrected chi connectivity index (χ3v) is 2.00. The molecule has 1 N–H and O–H groups in total. The zero-order chi connectivity index (χ0) is 12.7. The summed E-state index contributed by atoms with van der Waals surface area (Å²) in [5.41, 5.74) is 0.720. The molecule has 0 amide bonds. The Balaban J connectivity index is 2.99. The van der Waals surface area contributed by atoms with E-state index in [0.29, 0.717) is 24.7 Å². The number of hydrogen-bond acceptors (Lipinski definition) is 3. The van der Waals surface area contributed by atoms with E-state index in [0.717, 1.165) is 11.6 Å². The molecule has 0 bridgehead atoms. The van der Waals surface area contributed by atoms with Crippen molar-refractivity contribution in [3.8, 4) is 11.5 Å². The fourth-order valence-corrected chi connectivity index (χ4v) is 1.35. The zero-order valence-electron chi connectivity index (χ0n) is 9.97. The lowest BCUT2D eigenvalue weighted by Gasteiger charge is -2.10. The Bertz CT molecular complexity index is 410. The van der Waals surface area contributed by atoms with Crippen LogP contribution in [0, 0.1) is 0 Å². The van der Waals surface area contributed by atoms with Gasteiger partial charge < -0.3 is 14.6 Å². The summed E-state index contributed by atoms with van der Waals surface area (Å²) >= 11 is 0. The minimum atomic E-state index is -0.985. The van der Waals surface area contributed by atoms with Crippen LogP contribution < -0.4 is 9.47 Å². The average Bonchev–Trinajstić information content (AvgIpc) is 2.28. The van der Waals surface area contributed by atoms with Gasteiger partial charge in [-0.2, -0.15) is 0 Å². The van der Waals surface area contributed by atoms with Gasteiger partial charge in [-0.15, -0.1) is 0 Å². The average molecular weight is 236 g/mol. The Labute approximate surface area is 100 Å². The maximum Gasteiger partial charge on any atom is 0.328 e. The van der Waals surface area contributed by atoms with Crippen molar-refractivity contribution in [1.29, 1.82) is 0 Å². The van der Waals surface area contributed by atoms with Crippen LogP contribution in [-0.4, -0.2) is 24.3 Å². The van der Waals surface area contributed by atoms with E-state index in [4.69, 9.17) is 14.6 Å². The summed E-state index contributed by atoms with van der Waals surface area (Å²) in [6, 6.07) is 5.32. The molecule has 0 aliphatic heterocycles. The smallest absolute Gasteiger partial charge is 0.328 e. The molecule has 0 heterocycles. The van der Waals surface area contributed by atoms with Crippen LogP contribution in [0.2, 0.25) is 0 Å². The number of carbonyl (C=O) groups is 1. The highest BCUT2D eigenvalue weighted by Crippen LogP contribution is 2.26. The zero-order valence-corrected chi connectivity index (χ0v) is 9.97. The Morgan fingerprint density at radius 3 is 2.59 bits per heavy atom. The Hall–Kier alpha value is -1.97. The first-order valence-electron chi connectivity index (χ1n) is 5.48. The minimum Gasteiger partial charge on any atom is -0.494 e. The third-order valence-electron chi connectivity index (χ3n) is 2.00. The number of aliphatic carboxylic acids is 1. The Morgan fingerprint density at radius 1 is 1.29 bits per heavy atom. The van der Waals surface area contributed by atoms with E-state index in [-0.39, 0.29) is 0 Å². The lowest BCUT2D eigenvalue weighted by Crippen LogP contribution is -1.97. The maximum absolute atomic E-state index is 10.5. The number of hydrogen-bond donors (Lipinski definition) is 1. The maximum atomic E-state index is 10.5. The van der Waals surface area contributed by atoms with Gasteiger partial charge in [0.05, 0.1) is 13.2 Å². The summed E-state index contributed by atoms with van der Waals surface area (Å²) in [4.78, 5) is 10.5. The summed E-state index contributed by atoms with van der Waals surface area (Å²) in [6.45, 7) is 4.87. The van der Waals surface area contributed by atoms with Crippen LogP contribution in [0.3, 0.4) is 0 Å². The van der Waals surface area contributed by atoms with Gasteiger partial charge in [-0.05, 0) is 32.1 Å². The summed E-state index contributed by atoms with van der Waals surface area (Å²) < 4.78 is 10.8. The van der Waals surface area contributed by atoms with Crippen LogP contribution in [0.1, 0.15) is 19.4 Å². The van der Waals surface area contributed by atoms with Crippen LogP contribution >= 0.6 is 0 Å². The van der Waals surface area contributed by atoms with Crippen molar-refractivity contribution in [3.63, 3.8) is 0 Å². The molecule has 92 valence electrons. The fraction of sp³-hybridized carbons (Fsp3) is 0.308. The summed E-state index contributed by atoms with van der Waals surface area (Å²) in [5, 5.41) is 8.58. The summed E-state index contributed by atoms with van der Waals surface area (Å²) in [6.07, 6.45) is 2.58. The van der Waals surface area contributed by atoms with E-state index in [1.165, 1.54) is 6.08 Å². The number of rotatable bonds is 6. The van der Waals surface area contributed by atoms with Gasteiger partial charge in [0.25, 0.3) is 0 Å². The molecule has 0 aliphatic rings. The van der Waals surface area contributed by atoms with Crippen molar-refractivity contribution in [2.24, 2.45) is 0 Å². The van der Waals surface area contributed by atoms with Gasteiger partial charge in [0.1, 0.15) is 11.5 Å². The summed E-state index contributed by atoms with van der Waals surface area (Å²) in [5.74, 6) is 0.348. The van der Waals surface area contributed by atoms with E-state index >= 15 is 0 Å². The molecule has 0 saturated carbocycles. The lowest BCUT2D eigenvalue weighted by molar-refractivity contribution is -0.131. The first kappa shape index (κ1) is 13.1. The van der Waals surface area contributed by atoms with E-state index in [2.05, 4.69) is 0 Å². The van der Waals surface area contributed by atoms with Crippen molar-refractivity contribution >= 4 is 12.0 Å². The molecule has 4 nitrogen and oxygen atoms in total. The Kier molecular flexibility index (Phi) is 5.07. The second-order valence-electron chi connectivity index (χ2n) is 3.24. The van der Waals surface area contributed by atoms with Crippen molar-refractivity contribution in [2.45, 2.75) is 13.8 Å². The monoisotopic (exact) mass is 236 g/mol. The Morgan fingerprint density at radius 2 is 2.00 bits per heavy atom. The van der Waals surface area contributed by atoms with Crippen LogP contribution in [0.15, 0.2) is 24.3 Å². The first-order chi connectivity index (χ1) is 8.17. The number of carboxylic acids is 1. The number of benzene rings is 1. The van der Waals surface area contributed by atoms with Crippen molar-refractivity contribution in [2.75, 3.05) is 13.2 Å². The van der Waals surface area contributed by atoms with E-state index in [1.807, 2.05) is 13.8 Å². The normalized spacial score (nSPS) is 10.5. The van der Waals surface area contributed by atoms with E-state index in [1.54, 1.807) is 18.2 Å². The van der Waals surface area contributed by atoms with Gasteiger partial charge in [-0.3, -0.25) is 0 Å². The van der Waals surface area contributed by atoms with Gasteiger partial charge >= 0.3 is 5.97 Å². The van der Waals surface area contributed by atoms with Crippen LogP contribution in [0.25, 0.3) is 6.08 Å². The molecule has 0 unspecified atom stereocenters. The molecule has 4 heteroatoms. The topological polar surface area (TPSA) is 55.8 Å². The number of carboxylic acid groups (broad SMARTS) is 1. The van der Waals surface area contributed by atoms with Crippen LogP contribution in [-0.2, 0) is 4.79 Å². The molecule has 0 fully saturated rings. The first-order valence-corrected chi connectivity index (χ1v) is 5.48. The van der Waals surface area contributed by atoms with Gasteiger partial charge in [0, 0.05) is 17.7 Å². The largest absolute Gasteiger partial charge is 0.494 e. The van der Waals surface area contributed by atoms with Gasteiger partial charge in [0.15, 0.2) is 0 Å². The third kappa shape index (κ3) is 4.18. The number of ether oxygens (including phenoxy) is 2. The molecule has 0 aromatic heterocycles. The van der Waals surface area contributed by atoms with E-state index in [9.17, 15) is 4.79 Å². The van der Waals surface area contributed by atoms with Crippen LogP contribution in [0.4, 0.5) is 0 Å². The molecule has 0 radical (unpaired) electrons. The highest BCUT2D eigenvalue weighted by atomic mass is 16.5. The molecule has 0 saturated heterocycles. The standard InChI is InChI=1S/C13H16O4/c1-3-16-11-7-5-10(6-8-13(14)15)12(9-11)17-4-2/h5-9H,3-4H2,1-2H3,(H,14,15). The molecule has 1 aromatic rings. The highest BCUT2D eigenvalue weighted by Gasteiger charge is 2.03. The fourth-order valence-electron chi connectivity index (χ4n) is 1.35. The van der Waals surface area contributed by atoms with E-state index < -0.39 is 5.97 Å². The molecule has 1 aromatic carbocycles. The molecule has 1 rings (SSSR count). The predicted molar refractivity (Wildman–Crippen MR) is 65.4 cm³/mol. The molecule has 0 spiro atoms. The van der Waals surface area contributed by atoms with Crippen molar-refractivity contribution in [1.82, 2.24) is 0 Å². The SMILES string of the molecule is CCOc1ccc(C=CC(=O)O)c(OCC)c1. The van der Waals surface area contributed by atoms with Crippen molar-refractivity contribution in [3.05, 3.63) is 29.8 Å². The molecule has 17 heavy (non-hydrogen) atoms. The molecule has 0 aliphatic carbocycles. The van der Waals surface area contributed by atoms with Gasteiger partial charge in [-0.1, -0.05) is 0 Å². The van der Waals surface area contributed by atoms with Gasteiger partial charge in [0.2, 0.25) is 0 Å². The molecular formula is C13H16O4. The second-order valence-corrected chi connectivity index (χ2v) is 3.24. The predicted octanol–water partition coefficient (Wildman–Crippen LogP) is 2.58. The molecular weight excluding hydrogens is 220 g/mol. The van der Waals surface area contributed by atoms with Crippen LogP contribution in [0.5, 0.6) is 11.5 Å². The van der Waals surface area contributed by atoms with Gasteiger partial charge in [-0.25, -0.2) is 4.79 Å². The summed E-state index contributed by atoms with van der Waals surface area (Å²) in [7, 11) is 0. The lowest BCUT2D eigenvalue weighted by atomic mass is 10.1. The van der Waals surface area contributed by atoms with Crippen molar-refractivity contribution < 1.29 is 19.4 Å². The molecule has 0 atom stereocenters. The highest BCUT2D eigenvalue weighted by molar-refractivity contribution is 5.86. The second kappa shape index (κ2) is 6.58.